The van der Waals surface area contributed by atoms with Crippen molar-refractivity contribution < 1.29 is 14.6 Å². The molecule has 0 aromatic heterocycles. The molecule has 0 radical (unpaired) electrons. The molecule has 0 aliphatic carbocycles. The van der Waals surface area contributed by atoms with Crippen molar-refractivity contribution in [2.45, 2.75) is 45.2 Å². The zero-order chi connectivity index (χ0) is 18.5. The van der Waals surface area contributed by atoms with Crippen LogP contribution in [0.5, 0.6) is 5.75 Å². The summed E-state index contributed by atoms with van der Waals surface area (Å²) in [6.07, 6.45) is 2.67. The molecule has 1 aliphatic heterocycles. The molecule has 1 saturated heterocycles. The van der Waals surface area contributed by atoms with Crippen molar-refractivity contribution in [3.8, 4) is 5.75 Å². The van der Waals surface area contributed by atoms with Gasteiger partial charge in [-0.25, -0.2) is 0 Å². The van der Waals surface area contributed by atoms with Crippen LogP contribution in [-0.2, 0) is 4.79 Å². The average molecular weight is 353 g/mol. The molecule has 26 heavy (non-hydrogen) atoms. The van der Waals surface area contributed by atoms with E-state index in [2.05, 4.69) is 30.0 Å². The Balaban J connectivity index is 2.14. The molecule has 2 aromatic rings. The topological polar surface area (TPSA) is 49.8 Å². The van der Waals surface area contributed by atoms with E-state index in [4.69, 9.17) is 4.74 Å². The number of likely N-dealkylation sites (tertiary alicyclic amines) is 1. The Kier molecular flexibility index (Phi) is 5.94. The van der Waals surface area contributed by atoms with Gasteiger partial charge in [-0.3, -0.25) is 9.69 Å². The highest BCUT2D eigenvalue weighted by Gasteiger charge is 2.36. The van der Waals surface area contributed by atoms with E-state index in [1.165, 1.54) is 5.56 Å². The summed E-state index contributed by atoms with van der Waals surface area (Å²) >= 11 is 0. The summed E-state index contributed by atoms with van der Waals surface area (Å²) in [6.45, 7) is 5.42. The fraction of sp³-hybridized carbons (Fsp3) is 0.409. The number of hydrogen-bond donors (Lipinski definition) is 1. The number of carboxylic acid groups (broad SMARTS) is 1. The number of carboxylic acids is 1. The number of aryl methyl sites for hydroxylation is 1. The van der Waals surface area contributed by atoms with Crippen molar-refractivity contribution in [2.75, 3.05) is 13.2 Å². The van der Waals surface area contributed by atoms with Crippen LogP contribution in [0.1, 0.15) is 48.9 Å². The maximum Gasteiger partial charge on any atom is 0.320 e. The predicted molar refractivity (Wildman–Crippen MR) is 103 cm³/mol. The molecule has 1 fully saturated rings. The number of nitrogens with zero attached hydrogens (tertiary/aromatic N) is 1. The van der Waals surface area contributed by atoms with Crippen molar-refractivity contribution in [1.82, 2.24) is 4.90 Å². The molecule has 1 aliphatic rings. The fourth-order valence-electron chi connectivity index (χ4n) is 3.94. The van der Waals surface area contributed by atoms with Crippen LogP contribution < -0.4 is 4.74 Å². The van der Waals surface area contributed by atoms with Gasteiger partial charge in [0.2, 0.25) is 0 Å². The summed E-state index contributed by atoms with van der Waals surface area (Å²) in [5.41, 5.74) is 3.35. The SMILES string of the molecule is CCOc1ccccc1C(c1ccccc1C)N1CCCCC1C(=O)O. The predicted octanol–water partition coefficient (Wildman–Crippen LogP) is 4.42. The maximum atomic E-state index is 12.0. The third-order valence-electron chi connectivity index (χ3n) is 5.16. The lowest BCUT2D eigenvalue weighted by Gasteiger charge is -2.40. The molecule has 0 amide bonds. The van der Waals surface area contributed by atoms with Gasteiger partial charge in [0.25, 0.3) is 0 Å². The first kappa shape index (κ1) is 18.5. The Bertz CT molecular complexity index is 759. The smallest absolute Gasteiger partial charge is 0.320 e. The van der Waals surface area contributed by atoms with Crippen LogP contribution in [0.2, 0.25) is 0 Å². The number of ether oxygens (including phenoxy) is 1. The van der Waals surface area contributed by atoms with Gasteiger partial charge in [0.1, 0.15) is 11.8 Å². The molecule has 2 atom stereocenters. The molecule has 0 saturated carbocycles. The summed E-state index contributed by atoms with van der Waals surface area (Å²) in [6, 6.07) is 15.7. The highest BCUT2D eigenvalue weighted by atomic mass is 16.5. The standard InChI is InChI=1S/C22H27NO3/c1-3-26-20-14-7-6-12-18(20)21(17-11-5-4-10-16(17)2)23-15-9-8-13-19(23)22(24)25/h4-7,10-12,14,19,21H,3,8-9,13,15H2,1-2H3,(H,24,25). The van der Waals surface area contributed by atoms with Gasteiger partial charge in [0.15, 0.2) is 0 Å². The Morgan fingerprint density at radius 3 is 2.54 bits per heavy atom. The molecule has 0 bridgehead atoms. The highest BCUT2D eigenvalue weighted by molar-refractivity contribution is 5.74. The monoisotopic (exact) mass is 353 g/mol. The molecule has 1 N–H and O–H groups in total. The van der Waals surface area contributed by atoms with Crippen molar-refractivity contribution in [1.29, 1.82) is 0 Å². The Morgan fingerprint density at radius 1 is 1.15 bits per heavy atom. The third kappa shape index (κ3) is 3.75. The minimum absolute atomic E-state index is 0.125. The summed E-state index contributed by atoms with van der Waals surface area (Å²) < 4.78 is 5.89. The first-order chi connectivity index (χ1) is 12.6. The quantitative estimate of drug-likeness (QED) is 0.835. The second-order valence-electron chi connectivity index (χ2n) is 6.82. The van der Waals surface area contributed by atoms with E-state index < -0.39 is 12.0 Å². The summed E-state index contributed by atoms with van der Waals surface area (Å²) in [5, 5.41) is 9.82. The number of hydrogen-bond acceptors (Lipinski definition) is 3. The zero-order valence-corrected chi connectivity index (χ0v) is 15.5. The fourth-order valence-corrected chi connectivity index (χ4v) is 3.94. The number of piperidine rings is 1. The average Bonchev–Trinajstić information content (AvgIpc) is 2.65. The lowest BCUT2D eigenvalue weighted by molar-refractivity contribution is -0.145. The number of benzene rings is 2. The van der Waals surface area contributed by atoms with Gasteiger partial charge >= 0.3 is 5.97 Å². The second-order valence-corrected chi connectivity index (χ2v) is 6.82. The summed E-state index contributed by atoms with van der Waals surface area (Å²) in [4.78, 5) is 14.1. The summed E-state index contributed by atoms with van der Waals surface area (Å²) in [7, 11) is 0. The van der Waals surface area contributed by atoms with E-state index in [-0.39, 0.29) is 6.04 Å². The molecule has 3 rings (SSSR count). The van der Waals surface area contributed by atoms with Gasteiger partial charge in [0, 0.05) is 5.56 Å². The zero-order valence-electron chi connectivity index (χ0n) is 15.5. The third-order valence-corrected chi connectivity index (χ3v) is 5.16. The molecule has 4 heteroatoms. The van der Waals surface area contributed by atoms with Crippen molar-refractivity contribution in [2.24, 2.45) is 0 Å². The van der Waals surface area contributed by atoms with Gasteiger partial charge in [0.05, 0.1) is 12.6 Å². The Hall–Kier alpha value is -2.33. The van der Waals surface area contributed by atoms with Gasteiger partial charge in [-0.1, -0.05) is 48.9 Å². The second kappa shape index (κ2) is 8.37. The lowest BCUT2D eigenvalue weighted by atomic mass is 9.89. The number of rotatable bonds is 6. The number of aliphatic carboxylic acids is 1. The van der Waals surface area contributed by atoms with E-state index in [0.717, 1.165) is 36.3 Å². The first-order valence-electron chi connectivity index (χ1n) is 9.39. The molecule has 138 valence electrons. The molecular weight excluding hydrogens is 326 g/mol. The lowest BCUT2D eigenvalue weighted by Crippen LogP contribution is -2.47. The number of para-hydroxylation sites is 1. The van der Waals surface area contributed by atoms with Crippen LogP contribution >= 0.6 is 0 Å². The van der Waals surface area contributed by atoms with Crippen LogP contribution in [0.15, 0.2) is 48.5 Å². The van der Waals surface area contributed by atoms with Crippen LogP contribution in [0.25, 0.3) is 0 Å². The van der Waals surface area contributed by atoms with E-state index in [1.54, 1.807) is 0 Å². The van der Waals surface area contributed by atoms with E-state index >= 15 is 0 Å². The normalized spacial score (nSPS) is 19.1. The Morgan fingerprint density at radius 2 is 1.85 bits per heavy atom. The van der Waals surface area contributed by atoms with Crippen LogP contribution in [0.4, 0.5) is 0 Å². The van der Waals surface area contributed by atoms with Gasteiger partial charge in [-0.05, 0) is 50.4 Å². The maximum absolute atomic E-state index is 12.0. The van der Waals surface area contributed by atoms with Gasteiger partial charge in [-0.15, -0.1) is 0 Å². The van der Waals surface area contributed by atoms with Crippen LogP contribution in [0, 0.1) is 6.92 Å². The molecule has 2 unspecified atom stereocenters. The van der Waals surface area contributed by atoms with Gasteiger partial charge in [-0.2, -0.15) is 0 Å². The van der Waals surface area contributed by atoms with E-state index in [0.29, 0.717) is 13.0 Å². The molecule has 1 heterocycles. The van der Waals surface area contributed by atoms with Crippen molar-refractivity contribution in [3.05, 3.63) is 65.2 Å². The molecular formula is C22H27NO3. The summed E-state index contributed by atoms with van der Waals surface area (Å²) in [5.74, 6) is 0.0927. The van der Waals surface area contributed by atoms with E-state index in [9.17, 15) is 9.90 Å². The van der Waals surface area contributed by atoms with Crippen LogP contribution in [0.3, 0.4) is 0 Å². The molecule has 2 aromatic carbocycles. The largest absolute Gasteiger partial charge is 0.494 e. The highest BCUT2D eigenvalue weighted by Crippen LogP contribution is 2.39. The Labute approximate surface area is 155 Å². The van der Waals surface area contributed by atoms with Gasteiger partial charge < -0.3 is 9.84 Å². The molecule has 0 spiro atoms. The minimum Gasteiger partial charge on any atom is -0.494 e. The minimum atomic E-state index is -0.739. The van der Waals surface area contributed by atoms with E-state index in [1.807, 2.05) is 37.3 Å². The first-order valence-corrected chi connectivity index (χ1v) is 9.39. The number of carbonyl (C=O) groups is 1. The van der Waals surface area contributed by atoms with Crippen molar-refractivity contribution in [3.63, 3.8) is 0 Å². The molecule has 4 nitrogen and oxygen atoms in total. The van der Waals surface area contributed by atoms with Crippen molar-refractivity contribution >= 4 is 5.97 Å². The van der Waals surface area contributed by atoms with Crippen LogP contribution in [-0.4, -0.2) is 35.2 Å².